The molecule has 2 N–H and O–H groups in total. The molecule has 1 heterocycles. The van der Waals surface area contributed by atoms with Crippen molar-refractivity contribution in [2.24, 2.45) is 0 Å². The third-order valence-electron chi connectivity index (χ3n) is 5.23. The maximum atomic E-state index is 12.4. The fourth-order valence-corrected chi connectivity index (χ4v) is 3.81. The topological polar surface area (TPSA) is 47.6 Å². The zero-order chi connectivity index (χ0) is 20.5. The van der Waals surface area contributed by atoms with Crippen molar-refractivity contribution in [1.29, 1.82) is 0 Å². The zero-order valence-corrected chi connectivity index (χ0v) is 17.9. The van der Waals surface area contributed by atoms with Crippen LogP contribution in [0.3, 0.4) is 0 Å². The monoisotopic (exact) mass is 410 g/mol. The van der Waals surface area contributed by atoms with E-state index in [1.807, 2.05) is 24.3 Å². The molecule has 2 aromatic rings. The first-order chi connectivity index (χ1) is 14.2. The second-order valence-electron chi connectivity index (χ2n) is 7.29. The van der Waals surface area contributed by atoms with E-state index in [9.17, 15) is 4.79 Å². The van der Waals surface area contributed by atoms with Crippen LogP contribution in [0.2, 0.25) is 0 Å². The Morgan fingerprint density at radius 1 is 1.00 bits per heavy atom. The van der Waals surface area contributed by atoms with Crippen LogP contribution >= 0.6 is 12.2 Å². The van der Waals surface area contributed by atoms with E-state index < -0.39 is 0 Å². The predicted octanol–water partition coefficient (Wildman–Crippen LogP) is 2.92. The van der Waals surface area contributed by atoms with Crippen molar-refractivity contribution >= 4 is 28.9 Å². The second-order valence-corrected chi connectivity index (χ2v) is 7.68. The van der Waals surface area contributed by atoms with Gasteiger partial charge in [0.2, 0.25) is 5.91 Å². The average Bonchev–Trinajstić information content (AvgIpc) is 2.75. The number of amides is 1. The van der Waals surface area contributed by atoms with E-state index in [1.54, 1.807) is 0 Å². The van der Waals surface area contributed by atoms with Crippen molar-refractivity contribution in [2.75, 3.05) is 44.6 Å². The molecule has 1 aliphatic rings. The first-order valence-corrected chi connectivity index (χ1v) is 10.7. The number of hydrogen-bond acceptors (Lipinski definition) is 3. The molecular weight excluding hydrogens is 380 g/mol. The molecule has 0 aromatic heterocycles. The van der Waals surface area contributed by atoms with Gasteiger partial charge in [0.25, 0.3) is 0 Å². The number of anilines is 1. The summed E-state index contributed by atoms with van der Waals surface area (Å²) in [6.45, 7) is 6.71. The van der Waals surface area contributed by atoms with Crippen LogP contribution in [0.4, 0.5) is 5.69 Å². The summed E-state index contributed by atoms with van der Waals surface area (Å²) in [5.41, 5.74) is 3.39. The third kappa shape index (κ3) is 6.54. The summed E-state index contributed by atoms with van der Waals surface area (Å²) in [5, 5.41) is 7.22. The molecule has 29 heavy (non-hydrogen) atoms. The van der Waals surface area contributed by atoms with Crippen molar-refractivity contribution in [2.45, 2.75) is 19.8 Å². The SMILES string of the molecule is CCc1ccccc1NC(=O)CN1CCN(C(=S)NCCc2ccccc2)CC1. The lowest BCUT2D eigenvalue weighted by Gasteiger charge is -2.35. The number of hydrogen-bond donors (Lipinski definition) is 2. The van der Waals surface area contributed by atoms with Crippen molar-refractivity contribution < 1.29 is 4.79 Å². The molecule has 0 radical (unpaired) electrons. The van der Waals surface area contributed by atoms with Gasteiger partial charge in [-0.25, -0.2) is 0 Å². The summed E-state index contributed by atoms with van der Waals surface area (Å²) < 4.78 is 0. The fourth-order valence-electron chi connectivity index (χ4n) is 3.52. The molecule has 0 atom stereocenters. The van der Waals surface area contributed by atoms with E-state index >= 15 is 0 Å². The lowest BCUT2D eigenvalue weighted by Crippen LogP contribution is -2.53. The summed E-state index contributed by atoms with van der Waals surface area (Å²) in [6.07, 6.45) is 1.87. The second kappa shape index (κ2) is 10.9. The lowest BCUT2D eigenvalue weighted by molar-refractivity contribution is -0.117. The number of carbonyl (C=O) groups is 1. The van der Waals surface area contributed by atoms with Crippen molar-refractivity contribution in [1.82, 2.24) is 15.1 Å². The molecule has 1 fully saturated rings. The van der Waals surface area contributed by atoms with Crippen molar-refractivity contribution in [3.63, 3.8) is 0 Å². The van der Waals surface area contributed by atoms with Gasteiger partial charge in [-0.05, 0) is 42.3 Å². The van der Waals surface area contributed by atoms with Gasteiger partial charge in [-0.1, -0.05) is 55.5 Å². The Morgan fingerprint density at radius 3 is 2.41 bits per heavy atom. The summed E-state index contributed by atoms with van der Waals surface area (Å²) >= 11 is 5.55. The van der Waals surface area contributed by atoms with Crippen molar-refractivity contribution in [3.8, 4) is 0 Å². The Labute approximate surface area is 179 Å². The summed E-state index contributed by atoms with van der Waals surface area (Å²) in [5.74, 6) is 0.0444. The minimum Gasteiger partial charge on any atom is -0.362 e. The van der Waals surface area contributed by atoms with Crippen molar-refractivity contribution in [3.05, 3.63) is 65.7 Å². The molecule has 0 aliphatic carbocycles. The highest BCUT2D eigenvalue weighted by Gasteiger charge is 2.20. The molecule has 5 nitrogen and oxygen atoms in total. The number of carbonyl (C=O) groups excluding carboxylic acids is 1. The molecule has 6 heteroatoms. The molecule has 154 valence electrons. The summed E-state index contributed by atoms with van der Waals surface area (Å²) in [4.78, 5) is 16.8. The predicted molar refractivity (Wildman–Crippen MR) is 123 cm³/mol. The lowest BCUT2D eigenvalue weighted by atomic mass is 10.1. The number of aryl methyl sites for hydroxylation is 1. The van der Waals surface area contributed by atoms with Crippen LogP contribution in [0, 0.1) is 0 Å². The largest absolute Gasteiger partial charge is 0.362 e. The Kier molecular flexibility index (Phi) is 8.02. The first-order valence-electron chi connectivity index (χ1n) is 10.3. The van der Waals surface area contributed by atoms with E-state index in [0.29, 0.717) is 6.54 Å². The summed E-state index contributed by atoms with van der Waals surface area (Å²) in [7, 11) is 0. The maximum absolute atomic E-state index is 12.4. The van der Waals surface area contributed by atoms with Gasteiger partial charge in [-0.3, -0.25) is 9.69 Å². The molecule has 3 rings (SSSR count). The smallest absolute Gasteiger partial charge is 0.238 e. The minimum absolute atomic E-state index is 0.0444. The Morgan fingerprint density at radius 2 is 1.69 bits per heavy atom. The van der Waals surface area contributed by atoms with Gasteiger partial charge in [0.15, 0.2) is 5.11 Å². The van der Waals surface area contributed by atoms with Gasteiger partial charge in [0.1, 0.15) is 0 Å². The number of piperazine rings is 1. The number of nitrogens with one attached hydrogen (secondary N) is 2. The maximum Gasteiger partial charge on any atom is 0.238 e. The number of thiocarbonyl (C=S) groups is 1. The summed E-state index contributed by atoms with van der Waals surface area (Å²) in [6, 6.07) is 18.4. The number of rotatable bonds is 7. The van der Waals surface area contributed by atoms with Gasteiger partial charge in [-0.15, -0.1) is 0 Å². The Bertz CT molecular complexity index is 804. The molecule has 0 spiro atoms. The molecule has 1 aliphatic heterocycles. The van der Waals surface area contributed by atoms with Crippen LogP contribution in [-0.2, 0) is 17.6 Å². The number of benzene rings is 2. The quantitative estimate of drug-likeness (QED) is 0.688. The van der Waals surface area contributed by atoms with Crippen LogP contribution in [-0.4, -0.2) is 60.1 Å². The first kappa shape index (κ1) is 21.3. The van der Waals surface area contributed by atoms with Crippen LogP contribution in [0.5, 0.6) is 0 Å². The molecule has 1 saturated heterocycles. The number of nitrogens with zero attached hydrogens (tertiary/aromatic N) is 2. The molecule has 0 saturated carbocycles. The minimum atomic E-state index is 0.0444. The molecule has 0 bridgehead atoms. The van der Waals surface area contributed by atoms with E-state index in [2.05, 4.69) is 57.7 Å². The van der Waals surface area contributed by atoms with Gasteiger partial charge in [0.05, 0.1) is 6.54 Å². The van der Waals surface area contributed by atoms with E-state index in [-0.39, 0.29) is 5.91 Å². The van der Waals surface area contributed by atoms with Gasteiger partial charge < -0.3 is 15.5 Å². The number of para-hydroxylation sites is 1. The Balaban J connectivity index is 1.37. The van der Waals surface area contributed by atoms with E-state index in [4.69, 9.17) is 12.2 Å². The van der Waals surface area contributed by atoms with E-state index in [1.165, 1.54) is 5.56 Å². The van der Waals surface area contributed by atoms with Crippen LogP contribution in [0.1, 0.15) is 18.1 Å². The van der Waals surface area contributed by atoms with Gasteiger partial charge in [-0.2, -0.15) is 0 Å². The highest BCUT2D eigenvalue weighted by molar-refractivity contribution is 7.80. The van der Waals surface area contributed by atoms with E-state index in [0.717, 1.165) is 61.9 Å². The highest BCUT2D eigenvalue weighted by atomic mass is 32.1. The van der Waals surface area contributed by atoms with Gasteiger partial charge in [0, 0.05) is 38.4 Å². The van der Waals surface area contributed by atoms with Crippen LogP contribution in [0.15, 0.2) is 54.6 Å². The molecule has 2 aromatic carbocycles. The third-order valence-corrected chi connectivity index (χ3v) is 5.63. The average molecular weight is 411 g/mol. The fraction of sp³-hybridized carbons (Fsp3) is 0.391. The van der Waals surface area contributed by atoms with Crippen LogP contribution < -0.4 is 10.6 Å². The molecule has 0 unspecified atom stereocenters. The normalized spacial score (nSPS) is 14.4. The molecule has 1 amide bonds. The standard InChI is InChI=1S/C23H30N4OS/c1-2-20-10-6-7-11-21(20)25-22(28)18-26-14-16-27(17-15-26)23(29)24-13-12-19-8-4-3-5-9-19/h3-11H,2,12-18H2,1H3,(H,24,29)(H,25,28). The van der Waals surface area contributed by atoms with Gasteiger partial charge >= 0.3 is 0 Å². The highest BCUT2D eigenvalue weighted by Crippen LogP contribution is 2.15. The van der Waals surface area contributed by atoms with Crippen LogP contribution in [0.25, 0.3) is 0 Å². The Hall–Kier alpha value is -2.44. The molecular formula is C23H30N4OS. The zero-order valence-electron chi connectivity index (χ0n) is 17.1.